The van der Waals surface area contributed by atoms with E-state index in [4.69, 9.17) is 32.4 Å². The molecule has 10 heteroatoms. The van der Waals surface area contributed by atoms with E-state index in [0.29, 0.717) is 68.8 Å². The monoisotopic (exact) mass is 476 g/mol. The van der Waals surface area contributed by atoms with Crippen LogP contribution < -0.4 is 5.56 Å². The number of aromatic nitrogens is 4. The molecule has 0 amide bonds. The summed E-state index contributed by atoms with van der Waals surface area (Å²) in [7, 11) is 1.63. The lowest BCUT2D eigenvalue weighted by Crippen LogP contribution is -2.24. The Balaban J connectivity index is 1.62. The number of hydrogen-bond acceptors (Lipinski definition) is 7. The zero-order chi connectivity index (χ0) is 21.8. The number of halogens is 2. The summed E-state index contributed by atoms with van der Waals surface area (Å²) >= 11 is 13.6. The summed E-state index contributed by atoms with van der Waals surface area (Å²) in [4.78, 5) is 17.7. The molecule has 0 saturated carbocycles. The topological polar surface area (TPSA) is 83.0 Å². The van der Waals surface area contributed by atoms with Crippen LogP contribution in [0.3, 0.4) is 0 Å². The largest absolute Gasteiger partial charge is 0.420 e. The second-order valence-corrected chi connectivity index (χ2v) is 8.41. The van der Waals surface area contributed by atoms with Gasteiger partial charge in [0.05, 0.1) is 27.2 Å². The third-order valence-electron chi connectivity index (χ3n) is 4.51. The normalized spacial score (nSPS) is 11.3. The number of benzene rings is 2. The van der Waals surface area contributed by atoms with Crippen molar-refractivity contribution in [1.82, 2.24) is 19.7 Å². The highest BCUT2D eigenvalue weighted by Crippen LogP contribution is 2.28. The predicted octanol–water partition coefficient (Wildman–Crippen LogP) is 5.08. The van der Waals surface area contributed by atoms with Crippen LogP contribution in [0, 0.1) is 0 Å². The van der Waals surface area contributed by atoms with Crippen LogP contribution in [0.15, 0.2) is 56.8 Å². The summed E-state index contributed by atoms with van der Waals surface area (Å²) in [6.07, 6.45) is 0.682. The Morgan fingerprint density at radius 1 is 1.16 bits per heavy atom. The van der Waals surface area contributed by atoms with E-state index in [9.17, 15) is 4.79 Å². The second-order valence-electron chi connectivity index (χ2n) is 6.63. The Bertz CT molecular complexity index is 1280. The average Bonchev–Trinajstić information content (AvgIpc) is 3.23. The Hall–Kier alpha value is -2.39. The zero-order valence-electron chi connectivity index (χ0n) is 16.5. The van der Waals surface area contributed by atoms with Crippen molar-refractivity contribution >= 4 is 45.9 Å². The number of ether oxygens (including phenoxy) is 1. The van der Waals surface area contributed by atoms with E-state index in [1.165, 1.54) is 11.8 Å². The summed E-state index contributed by atoms with van der Waals surface area (Å²) in [5.74, 6) is 1.10. The minimum Gasteiger partial charge on any atom is -0.420 e. The summed E-state index contributed by atoms with van der Waals surface area (Å²) in [6.45, 7) is 1.02. The second kappa shape index (κ2) is 9.82. The van der Waals surface area contributed by atoms with E-state index >= 15 is 0 Å². The van der Waals surface area contributed by atoms with Crippen molar-refractivity contribution in [3.63, 3.8) is 0 Å². The number of thioether (sulfide) groups is 1. The Morgan fingerprint density at radius 2 is 2.00 bits per heavy atom. The molecule has 0 aliphatic carbocycles. The molecule has 7 nitrogen and oxygen atoms in total. The highest BCUT2D eigenvalue weighted by molar-refractivity contribution is 7.98. The maximum atomic E-state index is 13.1. The highest BCUT2D eigenvalue weighted by Gasteiger charge is 2.15. The SMILES string of the molecule is COCCCn1c(SCc2nnc(-c3ccccc3Cl)o2)nc2cc(Cl)ccc2c1=O. The van der Waals surface area contributed by atoms with Gasteiger partial charge >= 0.3 is 0 Å². The average molecular weight is 477 g/mol. The van der Waals surface area contributed by atoms with Gasteiger partial charge in [-0.25, -0.2) is 4.98 Å². The number of methoxy groups -OCH3 is 1. The molecule has 160 valence electrons. The van der Waals surface area contributed by atoms with E-state index in [1.807, 2.05) is 18.2 Å². The first-order valence-electron chi connectivity index (χ1n) is 9.46. The fraction of sp³-hybridized carbons (Fsp3) is 0.238. The summed E-state index contributed by atoms with van der Waals surface area (Å²) in [5, 5.41) is 10.3. The van der Waals surface area contributed by atoms with Crippen LogP contribution in [-0.2, 0) is 17.0 Å². The summed E-state index contributed by atoms with van der Waals surface area (Å²) in [5.41, 5.74) is 1.09. The van der Waals surface area contributed by atoms with Crippen molar-refractivity contribution in [2.45, 2.75) is 23.9 Å². The molecule has 0 bridgehead atoms. The molecule has 2 aromatic carbocycles. The first kappa shape index (κ1) is 21.8. The van der Waals surface area contributed by atoms with Gasteiger partial charge in [0.15, 0.2) is 5.16 Å². The van der Waals surface area contributed by atoms with E-state index in [-0.39, 0.29) is 5.56 Å². The van der Waals surface area contributed by atoms with E-state index < -0.39 is 0 Å². The number of nitrogens with zero attached hydrogens (tertiary/aromatic N) is 4. The van der Waals surface area contributed by atoms with Crippen LogP contribution in [0.5, 0.6) is 0 Å². The maximum Gasteiger partial charge on any atom is 0.262 e. The van der Waals surface area contributed by atoms with Gasteiger partial charge in [-0.15, -0.1) is 10.2 Å². The lowest BCUT2D eigenvalue weighted by Gasteiger charge is -2.12. The summed E-state index contributed by atoms with van der Waals surface area (Å²) < 4.78 is 12.5. The van der Waals surface area contributed by atoms with Gasteiger partial charge in [-0.05, 0) is 36.8 Å². The van der Waals surface area contributed by atoms with Gasteiger partial charge in [-0.1, -0.05) is 47.1 Å². The molecule has 0 unspecified atom stereocenters. The molecule has 2 aromatic heterocycles. The fourth-order valence-corrected chi connectivity index (χ4v) is 4.27. The van der Waals surface area contributed by atoms with Crippen LogP contribution >= 0.6 is 35.0 Å². The van der Waals surface area contributed by atoms with Crippen LogP contribution in [0.25, 0.3) is 22.4 Å². The van der Waals surface area contributed by atoms with Gasteiger partial charge in [0.25, 0.3) is 5.56 Å². The maximum absolute atomic E-state index is 13.1. The Morgan fingerprint density at radius 3 is 2.81 bits per heavy atom. The minimum atomic E-state index is -0.123. The van der Waals surface area contributed by atoms with Gasteiger partial charge in [-0.3, -0.25) is 9.36 Å². The molecule has 0 fully saturated rings. The van der Waals surface area contributed by atoms with E-state index in [1.54, 1.807) is 35.9 Å². The van der Waals surface area contributed by atoms with Crippen LogP contribution in [-0.4, -0.2) is 33.5 Å². The number of rotatable bonds is 8. The lowest BCUT2D eigenvalue weighted by molar-refractivity contribution is 0.189. The van der Waals surface area contributed by atoms with Crippen LogP contribution in [0.1, 0.15) is 12.3 Å². The van der Waals surface area contributed by atoms with Gasteiger partial charge in [0, 0.05) is 25.3 Å². The fourth-order valence-electron chi connectivity index (χ4n) is 3.03. The van der Waals surface area contributed by atoms with Crippen molar-refractivity contribution < 1.29 is 9.15 Å². The molecule has 4 rings (SSSR count). The van der Waals surface area contributed by atoms with Crippen LogP contribution in [0.2, 0.25) is 10.0 Å². The smallest absolute Gasteiger partial charge is 0.262 e. The standard InChI is InChI=1S/C21H18Cl2N4O3S/c1-29-10-4-9-27-20(28)15-8-7-13(22)11-17(15)24-21(27)31-12-18-25-26-19(30-18)14-5-2-3-6-16(14)23/h2-3,5-8,11H,4,9-10,12H2,1H3. The number of hydrogen-bond donors (Lipinski definition) is 0. The van der Waals surface area contributed by atoms with Gasteiger partial charge in [0.2, 0.25) is 11.8 Å². The van der Waals surface area contributed by atoms with Crippen LogP contribution in [0.4, 0.5) is 0 Å². The predicted molar refractivity (Wildman–Crippen MR) is 122 cm³/mol. The van der Waals surface area contributed by atoms with E-state index in [0.717, 1.165) is 0 Å². The molecular weight excluding hydrogens is 459 g/mol. The third-order valence-corrected chi connectivity index (χ3v) is 6.03. The molecule has 31 heavy (non-hydrogen) atoms. The zero-order valence-corrected chi connectivity index (χ0v) is 18.9. The first-order valence-corrected chi connectivity index (χ1v) is 11.2. The molecule has 0 radical (unpaired) electrons. The van der Waals surface area contributed by atoms with Crippen molar-refractivity contribution in [3.8, 4) is 11.5 Å². The lowest BCUT2D eigenvalue weighted by atomic mass is 10.2. The third kappa shape index (κ3) is 4.93. The molecule has 2 heterocycles. The molecule has 0 aliphatic heterocycles. The Kier molecular flexibility index (Phi) is 6.92. The van der Waals surface area contributed by atoms with Crippen molar-refractivity contribution in [2.75, 3.05) is 13.7 Å². The molecule has 0 N–H and O–H groups in total. The Labute approximate surface area is 192 Å². The molecule has 0 saturated heterocycles. The minimum absolute atomic E-state index is 0.123. The van der Waals surface area contributed by atoms with E-state index in [2.05, 4.69) is 15.2 Å². The molecule has 4 aromatic rings. The van der Waals surface area contributed by atoms with Gasteiger partial charge < -0.3 is 9.15 Å². The molecule has 0 aliphatic rings. The first-order chi connectivity index (χ1) is 15.1. The molecule has 0 atom stereocenters. The van der Waals surface area contributed by atoms with Gasteiger partial charge in [-0.2, -0.15) is 0 Å². The number of fused-ring (bicyclic) bond motifs is 1. The van der Waals surface area contributed by atoms with Gasteiger partial charge in [0.1, 0.15) is 0 Å². The molecular formula is C21H18Cl2N4O3S. The highest BCUT2D eigenvalue weighted by atomic mass is 35.5. The summed E-state index contributed by atoms with van der Waals surface area (Å²) in [6, 6.07) is 12.3. The van der Waals surface area contributed by atoms with Crippen molar-refractivity contribution in [1.29, 1.82) is 0 Å². The quantitative estimate of drug-likeness (QED) is 0.199. The van der Waals surface area contributed by atoms with Crippen molar-refractivity contribution in [3.05, 3.63) is 68.8 Å². The van der Waals surface area contributed by atoms with Crippen molar-refractivity contribution in [2.24, 2.45) is 0 Å². The molecule has 0 spiro atoms.